The van der Waals surface area contributed by atoms with Gasteiger partial charge < -0.3 is 10.2 Å². The molecule has 0 heterocycles. The molecule has 0 atom stereocenters. The Morgan fingerprint density at radius 2 is 0.700 bits per heavy atom. The molecule has 0 aromatic rings. The smallest absolute Gasteiger partial charge is 0.852 e. The van der Waals surface area contributed by atoms with Crippen LogP contribution in [0.3, 0.4) is 0 Å². The molecular weight excluding hydrogens is 182 g/mol. The van der Waals surface area contributed by atoms with Crippen molar-refractivity contribution in [2.45, 2.75) is 39.9 Å². The molecule has 0 rings (SSSR count). The molecule has 0 aliphatic heterocycles. The molecule has 0 bridgehead atoms. The summed E-state index contributed by atoms with van der Waals surface area (Å²) >= 11 is 0. The topological polar surface area (TPSA) is 46.1 Å². The second kappa shape index (κ2) is 18.1. The Bertz CT molecular complexity index is 29.2. The average Bonchev–Trinajstić information content (AvgIpc) is 1.25. The van der Waals surface area contributed by atoms with Gasteiger partial charge >= 0.3 is 103 Å². The van der Waals surface area contributed by atoms with Crippen LogP contribution >= 0.6 is 0 Å². The van der Waals surface area contributed by atoms with Gasteiger partial charge in [0.15, 0.2) is 0 Å². The molecule has 4 heteroatoms. The third-order valence-electron chi connectivity index (χ3n) is 0. The molecule has 0 aromatic carbocycles. The first-order valence-corrected chi connectivity index (χ1v) is 2.78. The molecular formula is C6H14K2O2. The zero-order chi connectivity index (χ0) is 7.15. The fourth-order valence-electron chi connectivity index (χ4n) is 0. The van der Waals surface area contributed by atoms with Gasteiger partial charge in [-0.3, -0.25) is 0 Å². The quantitative estimate of drug-likeness (QED) is 0.362. The van der Waals surface area contributed by atoms with Crippen molar-refractivity contribution in [1.29, 1.82) is 0 Å². The SMILES string of the molecule is CC(C)[O-].CC(C)[O-].[K+].[K+]. The van der Waals surface area contributed by atoms with Crippen LogP contribution in [0.1, 0.15) is 27.7 Å². The number of hydrogen-bond acceptors (Lipinski definition) is 2. The normalized spacial score (nSPS) is 7.20. The predicted octanol–water partition coefficient (Wildman–Crippen LogP) is -6.48. The molecule has 52 valence electrons. The van der Waals surface area contributed by atoms with Gasteiger partial charge in [-0.25, -0.2) is 0 Å². The summed E-state index contributed by atoms with van der Waals surface area (Å²) in [4.78, 5) is 0. The van der Waals surface area contributed by atoms with Gasteiger partial charge in [-0.15, -0.1) is 12.2 Å². The van der Waals surface area contributed by atoms with Crippen LogP contribution in [0.4, 0.5) is 0 Å². The van der Waals surface area contributed by atoms with Crippen LogP contribution in [-0.2, 0) is 0 Å². The molecule has 0 N–H and O–H groups in total. The maximum absolute atomic E-state index is 9.53. The van der Waals surface area contributed by atoms with Crippen molar-refractivity contribution in [2.75, 3.05) is 0 Å². The minimum absolute atomic E-state index is 0. The van der Waals surface area contributed by atoms with Crippen molar-refractivity contribution >= 4 is 0 Å². The summed E-state index contributed by atoms with van der Waals surface area (Å²) in [6.07, 6.45) is -0.833. The molecule has 0 fully saturated rings. The molecule has 2 nitrogen and oxygen atoms in total. The second-order valence-corrected chi connectivity index (χ2v) is 2.10. The maximum Gasteiger partial charge on any atom is 1.00 e. The average molecular weight is 196 g/mol. The Morgan fingerprint density at radius 3 is 0.700 bits per heavy atom. The van der Waals surface area contributed by atoms with E-state index < -0.39 is 12.2 Å². The van der Waals surface area contributed by atoms with Gasteiger partial charge in [0.2, 0.25) is 0 Å². The Labute approximate surface area is 149 Å². The van der Waals surface area contributed by atoms with Crippen LogP contribution in [0.15, 0.2) is 0 Å². The van der Waals surface area contributed by atoms with Crippen molar-refractivity contribution in [1.82, 2.24) is 0 Å². The molecule has 0 amide bonds. The molecule has 0 saturated carbocycles. The minimum atomic E-state index is -0.417. The fraction of sp³-hybridized carbons (Fsp3) is 1.00. The van der Waals surface area contributed by atoms with Crippen molar-refractivity contribution < 1.29 is 113 Å². The Morgan fingerprint density at radius 1 is 0.700 bits per heavy atom. The first kappa shape index (κ1) is 23.2. The third kappa shape index (κ3) is 114. The monoisotopic (exact) mass is 196 g/mol. The van der Waals surface area contributed by atoms with Crippen molar-refractivity contribution in [3.63, 3.8) is 0 Å². The Hall–Kier alpha value is 3.19. The Kier molecular flexibility index (Phi) is 41.9. The van der Waals surface area contributed by atoms with Crippen LogP contribution in [0, 0.1) is 0 Å². The first-order valence-electron chi connectivity index (χ1n) is 2.78. The van der Waals surface area contributed by atoms with Gasteiger partial charge in [0.25, 0.3) is 0 Å². The van der Waals surface area contributed by atoms with E-state index in [0.717, 1.165) is 0 Å². The van der Waals surface area contributed by atoms with Gasteiger partial charge in [0.05, 0.1) is 0 Å². The van der Waals surface area contributed by atoms with Crippen LogP contribution in [0.5, 0.6) is 0 Å². The van der Waals surface area contributed by atoms with E-state index in [1.54, 1.807) is 27.7 Å². The summed E-state index contributed by atoms with van der Waals surface area (Å²) in [5.74, 6) is 0. The van der Waals surface area contributed by atoms with E-state index in [4.69, 9.17) is 0 Å². The van der Waals surface area contributed by atoms with Gasteiger partial charge in [0, 0.05) is 0 Å². The summed E-state index contributed by atoms with van der Waals surface area (Å²) in [5, 5.41) is 19.1. The molecule has 0 aromatic heterocycles. The van der Waals surface area contributed by atoms with Crippen LogP contribution in [-0.4, -0.2) is 12.2 Å². The summed E-state index contributed by atoms with van der Waals surface area (Å²) in [6, 6.07) is 0. The van der Waals surface area contributed by atoms with Gasteiger partial charge in [-0.1, -0.05) is 27.7 Å². The van der Waals surface area contributed by atoms with Crippen molar-refractivity contribution in [3.8, 4) is 0 Å². The summed E-state index contributed by atoms with van der Waals surface area (Å²) in [5.41, 5.74) is 0. The fourth-order valence-corrected chi connectivity index (χ4v) is 0. The zero-order valence-electron chi connectivity index (χ0n) is 7.97. The van der Waals surface area contributed by atoms with E-state index in [0.29, 0.717) is 0 Å². The molecule has 0 aliphatic rings. The van der Waals surface area contributed by atoms with Gasteiger partial charge in [-0.05, 0) is 0 Å². The molecule has 0 unspecified atom stereocenters. The van der Waals surface area contributed by atoms with E-state index in [1.807, 2.05) is 0 Å². The third-order valence-corrected chi connectivity index (χ3v) is 0. The molecule has 0 saturated heterocycles. The number of hydrogen-bond donors (Lipinski definition) is 0. The minimum Gasteiger partial charge on any atom is -0.852 e. The second-order valence-electron chi connectivity index (χ2n) is 2.10. The standard InChI is InChI=1S/2C3H7O.2K/c2*1-3(2)4;;/h2*3H,1-2H3;;/q2*-1;2*+1. The van der Waals surface area contributed by atoms with Crippen molar-refractivity contribution in [3.05, 3.63) is 0 Å². The molecule has 0 radical (unpaired) electrons. The predicted molar refractivity (Wildman–Crippen MR) is 30.3 cm³/mol. The van der Waals surface area contributed by atoms with E-state index in [2.05, 4.69) is 0 Å². The largest absolute Gasteiger partial charge is 1.00 e. The van der Waals surface area contributed by atoms with Crippen molar-refractivity contribution in [2.24, 2.45) is 0 Å². The summed E-state index contributed by atoms with van der Waals surface area (Å²) in [7, 11) is 0. The summed E-state index contributed by atoms with van der Waals surface area (Å²) in [6.45, 7) is 6.44. The van der Waals surface area contributed by atoms with E-state index >= 15 is 0 Å². The maximum atomic E-state index is 9.53. The van der Waals surface area contributed by atoms with E-state index in [-0.39, 0.29) is 103 Å². The molecule has 10 heavy (non-hydrogen) atoms. The Balaban J connectivity index is -0.0000000300. The number of rotatable bonds is 0. The van der Waals surface area contributed by atoms with Crippen LogP contribution in [0.25, 0.3) is 0 Å². The van der Waals surface area contributed by atoms with Gasteiger partial charge in [-0.2, -0.15) is 0 Å². The van der Waals surface area contributed by atoms with E-state index in [1.165, 1.54) is 0 Å². The van der Waals surface area contributed by atoms with Crippen LogP contribution < -0.4 is 113 Å². The first-order chi connectivity index (χ1) is 3.46. The van der Waals surface area contributed by atoms with E-state index in [9.17, 15) is 10.2 Å². The zero-order valence-corrected chi connectivity index (χ0v) is 14.2. The summed E-state index contributed by atoms with van der Waals surface area (Å²) < 4.78 is 0. The van der Waals surface area contributed by atoms with Gasteiger partial charge in [0.1, 0.15) is 0 Å². The van der Waals surface area contributed by atoms with Crippen LogP contribution in [0.2, 0.25) is 0 Å². The molecule has 0 spiro atoms. The molecule has 0 aliphatic carbocycles.